The van der Waals surface area contributed by atoms with E-state index in [-0.39, 0.29) is 12.6 Å². The van der Waals surface area contributed by atoms with E-state index in [9.17, 15) is 9.36 Å². The van der Waals surface area contributed by atoms with E-state index in [2.05, 4.69) is 0 Å². The second-order valence-corrected chi connectivity index (χ2v) is 12.1. The minimum atomic E-state index is -3.34. The number of rotatable bonds is 6. The van der Waals surface area contributed by atoms with Gasteiger partial charge in [0.1, 0.15) is 6.61 Å². The van der Waals surface area contributed by atoms with Gasteiger partial charge in [-0.05, 0) is 73.7 Å². The van der Waals surface area contributed by atoms with Gasteiger partial charge in [0.25, 0.3) is 0 Å². The summed E-state index contributed by atoms with van der Waals surface area (Å²) in [7, 11) is 0. The molecule has 0 saturated carbocycles. The third-order valence-corrected chi connectivity index (χ3v) is 6.10. The predicted molar refractivity (Wildman–Crippen MR) is 92.2 cm³/mol. The van der Waals surface area contributed by atoms with Gasteiger partial charge in [-0.25, -0.2) is 4.57 Å². The van der Waals surface area contributed by atoms with Gasteiger partial charge in [0, 0.05) is 5.75 Å². The van der Waals surface area contributed by atoms with E-state index in [0.717, 1.165) is 11.4 Å². The van der Waals surface area contributed by atoms with E-state index in [1.807, 2.05) is 41.5 Å². The molecule has 0 amide bonds. The maximum atomic E-state index is 12.9. The number of carbonyl (C=O) groups is 1. The lowest BCUT2D eigenvalue weighted by Gasteiger charge is -2.31. The molecule has 0 fully saturated rings. The van der Waals surface area contributed by atoms with Gasteiger partial charge < -0.3 is 4.74 Å². The number of esters is 1. The van der Waals surface area contributed by atoms with Crippen molar-refractivity contribution in [3.63, 3.8) is 0 Å². The summed E-state index contributed by atoms with van der Waals surface area (Å²) in [5.41, 5.74) is -1.72. The first-order chi connectivity index (χ1) is 9.54. The third-order valence-electron chi connectivity index (χ3n) is 1.95. The normalized spacial score (nSPS) is 14.0. The Morgan fingerprint density at radius 2 is 1.32 bits per heavy atom. The van der Waals surface area contributed by atoms with Crippen LogP contribution in [0.2, 0.25) is 0 Å². The summed E-state index contributed by atoms with van der Waals surface area (Å²) in [5.74, 6) is 0.0713. The van der Waals surface area contributed by atoms with Crippen LogP contribution in [0.4, 0.5) is 0 Å². The molecule has 0 aromatic heterocycles. The first kappa shape index (κ1) is 22.0. The molecular formula is C15H31O5PS. The van der Waals surface area contributed by atoms with Crippen molar-refractivity contribution in [2.24, 2.45) is 5.41 Å². The van der Waals surface area contributed by atoms with Crippen LogP contribution in [0.1, 0.15) is 62.3 Å². The number of carbonyl (C=O) groups excluding carboxylic acids is 1. The second-order valence-electron chi connectivity index (χ2n) is 8.07. The topological polar surface area (TPSA) is 61.8 Å². The van der Waals surface area contributed by atoms with E-state index >= 15 is 0 Å². The van der Waals surface area contributed by atoms with Gasteiger partial charge in [0.15, 0.2) is 0 Å². The highest BCUT2D eigenvalue weighted by Crippen LogP contribution is 2.64. The summed E-state index contributed by atoms with van der Waals surface area (Å²) >= 11 is 1.06. The van der Waals surface area contributed by atoms with Gasteiger partial charge in [-0.2, -0.15) is 0 Å². The Labute approximate surface area is 139 Å². The number of hydrogen-bond acceptors (Lipinski definition) is 6. The minimum Gasteiger partial charge on any atom is -0.464 e. The van der Waals surface area contributed by atoms with Crippen molar-refractivity contribution in [1.82, 2.24) is 0 Å². The van der Waals surface area contributed by atoms with Crippen LogP contribution < -0.4 is 0 Å². The van der Waals surface area contributed by atoms with Crippen LogP contribution in [0.15, 0.2) is 0 Å². The van der Waals surface area contributed by atoms with Crippen molar-refractivity contribution >= 4 is 24.1 Å². The molecule has 0 radical (unpaired) electrons. The minimum absolute atomic E-state index is 0.172. The van der Waals surface area contributed by atoms with E-state index < -0.39 is 23.4 Å². The average molecular weight is 354 g/mol. The Hall–Kier alpha value is -0.0300. The summed E-state index contributed by atoms with van der Waals surface area (Å²) in [6, 6.07) is 0. The molecule has 5 nitrogen and oxygen atoms in total. The highest BCUT2D eigenvalue weighted by molar-refractivity contribution is 8.55. The fourth-order valence-electron chi connectivity index (χ4n) is 1.24. The lowest BCUT2D eigenvalue weighted by Crippen LogP contribution is -2.24. The molecule has 7 heteroatoms. The zero-order chi connectivity index (χ0) is 17.8. The van der Waals surface area contributed by atoms with E-state index in [1.165, 1.54) is 0 Å². The van der Waals surface area contributed by atoms with E-state index in [0.29, 0.717) is 5.75 Å². The van der Waals surface area contributed by atoms with Crippen LogP contribution in [-0.4, -0.2) is 29.5 Å². The smallest absolute Gasteiger partial charge is 0.390 e. The number of hydrogen-bond donors (Lipinski definition) is 0. The fraction of sp³-hybridized carbons (Fsp3) is 0.933. The zero-order valence-electron chi connectivity index (χ0n) is 15.3. The lowest BCUT2D eigenvalue weighted by molar-refractivity contribution is -0.152. The monoisotopic (exact) mass is 354 g/mol. The maximum absolute atomic E-state index is 12.9. The summed E-state index contributed by atoms with van der Waals surface area (Å²) < 4.78 is 29.3. The van der Waals surface area contributed by atoms with Crippen molar-refractivity contribution in [3.8, 4) is 0 Å². The fourth-order valence-corrected chi connectivity index (χ4v) is 5.66. The molecular weight excluding hydrogens is 323 g/mol. The molecule has 0 N–H and O–H groups in total. The SMILES string of the molecule is CC(C)(C)OP(=O)(OC(C)(C)C)SCCOC(=O)C(C)(C)C. The van der Waals surface area contributed by atoms with Crippen LogP contribution in [0.3, 0.4) is 0 Å². The highest BCUT2D eigenvalue weighted by Gasteiger charge is 2.36. The molecule has 0 rings (SSSR count). The average Bonchev–Trinajstić information content (AvgIpc) is 2.16. The molecule has 0 heterocycles. The molecule has 0 aliphatic carbocycles. The van der Waals surface area contributed by atoms with Crippen LogP contribution >= 0.6 is 18.2 Å². The van der Waals surface area contributed by atoms with E-state index in [4.69, 9.17) is 13.8 Å². The van der Waals surface area contributed by atoms with Crippen LogP contribution in [0, 0.1) is 5.41 Å². The first-order valence-corrected chi connectivity index (χ1v) is 10.5. The predicted octanol–water partition coefficient (Wildman–Crippen LogP) is 5.05. The van der Waals surface area contributed by atoms with Gasteiger partial charge in [-0.1, -0.05) is 0 Å². The Morgan fingerprint density at radius 3 is 1.64 bits per heavy atom. The molecule has 0 spiro atoms. The Bertz CT molecular complexity index is 395. The van der Waals surface area contributed by atoms with Gasteiger partial charge in [0.2, 0.25) is 0 Å². The third kappa shape index (κ3) is 10.7. The summed E-state index contributed by atoms with van der Waals surface area (Å²) in [6.07, 6.45) is 0. The van der Waals surface area contributed by atoms with Gasteiger partial charge >= 0.3 is 12.8 Å². The van der Waals surface area contributed by atoms with Gasteiger partial charge in [0.05, 0.1) is 16.6 Å². The largest absolute Gasteiger partial charge is 0.464 e. The van der Waals surface area contributed by atoms with Crippen molar-refractivity contribution in [2.45, 2.75) is 73.5 Å². The first-order valence-electron chi connectivity index (χ1n) is 7.37. The summed E-state index contributed by atoms with van der Waals surface area (Å²) in [5, 5.41) is 0. The van der Waals surface area contributed by atoms with Crippen molar-refractivity contribution in [1.29, 1.82) is 0 Å². The van der Waals surface area contributed by atoms with Gasteiger partial charge in [-0.15, -0.1) is 0 Å². The van der Waals surface area contributed by atoms with Gasteiger partial charge in [-0.3, -0.25) is 13.8 Å². The molecule has 0 bridgehead atoms. The molecule has 0 atom stereocenters. The highest BCUT2D eigenvalue weighted by atomic mass is 32.7. The zero-order valence-corrected chi connectivity index (χ0v) is 17.0. The van der Waals surface area contributed by atoms with E-state index in [1.54, 1.807) is 20.8 Å². The molecule has 0 aliphatic rings. The molecule has 0 aromatic rings. The quantitative estimate of drug-likeness (QED) is 0.378. The Morgan fingerprint density at radius 1 is 0.909 bits per heavy atom. The van der Waals surface area contributed by atoms with Crippen LogP contribution in [0.25, 0.3) is 0 Å². The standard InChI is InChI=1S/C15H31O5PS/c1-13(2,3)12(16)18-10-11-22-21(17,19-14(4,5)6)20-15(7,8)9/h10-11H2,1-9H3. The molecule has 22 heavy (non-hydrogen) atoms. The Balaban J connectivity index is 4.62. The molecule has 0 unspecified atom stereocenters. The lowest BCUT2D eigenvalue weighted by atomic mass is 9.97. The van der Waals surface area contributed by atoms with Crippen molar-refractivity contribution in [2.75, 3.05) is 12.4 Å². The van der Waals surface area contributed by atoms with Crippen LogP contribution in [-0.2, 0) is 23.1 Å². The summed E-state index contributed by atoms with van der Waals surface area (Å²) in [4.78, 5) is 11.7. The summed E-state index contributed by atoms with van der Waals surface area (Å²) in [6.45, 7) is 13.2. The maximum Gasteiger partial charge on any atom is 0.390 e. The number of ether oxygens (including phenoxy) is 1. The molecule has 0 aliphatic heterocycles. The van der Waals surface area contributed by atoms with Crippen LogP contribution in [0.5, 0.6) is 0 Å². The van der Waals surface area contributed by atoms with Crippen molar-refractivity contribution in [3.05, 3.63) is 0 Å². The second kappa shape index (κ2) is 7.69. The van der Waals surface area contributed by atoms with Crippen molar-refractivity contribution < 1.29 is 23.1 Å². The Kier molecular flexibility index (Phi) is 7.68. The molecule has 0 saturated heterocycles. The molecule has 0 aromatic carbocycles. The molecule has 132 valence electrons.